The first-order chi connectivity index (χ1) is 19.8. The van der Waals surface area contributed by atoms with Crippen molar-refractivity contribution < 1.29 is 4.39 Å². The van der Waals surface area contributed by atoms with Crippen LogP contribution >= 0.6 is 0 Å². The third-order valence-electron chi connectivity index (χ3n) is 6.86. The summed E-state index contributed by atoms with van der Waals surface area (Å²) in [5, 5.41) is 11.9. The maximum absolute atomic E-state index is 14.7. The Kier molecular flexibility index (Phi) is 7.17. The zero-order chi connectivity index (χ0) is 28.5. The van der Waals surface area contributed by atoms with E-state index in [1.807, 2.05) is 70.9 Å². The number of likely N-dealkylation sites (N-methyl/N-ethyl adjacent to an activating group) is 1. The zero-order valence-corrected chi connectivity index (χ0v) is 23.5. The molecule has 5 aromatic heterocycles. The average Bonchev–Trinajstić information content (AvgIpc) is 3.56. The van der Waals surface area contributed by atoms with Crippen LogP contribution in [0, 0.1) is 5.82 Å². The predicted octanol–water partition coefficient (Wildman–Crippen LogP) is 5.40. The molecule has 0 unspecified atom stereocenters. The summed E-state index contributed by atoms with van der Waals surface area (Å²) in [7, 11) is 8.08. The number of hydrogen-bond donors (Lipinski definition) is 3. The van der Waals surface area contributed by atoms with Crippen molar-refractivity contribution in [2.24, 2.45) is 0 Å². The van der Waals surface area contributed by atoms with Crippen LogP contribution in [0.3, 0.4) is 0 Å². The highest BCUT2D eigenvalue weighted by Gasteiger charge is 2.17. The van der Waals surface area contributed by atoms with Gasteiger partial charge in [-0.25, -0.2) is 9.37 Å². The first kappa shape index (κ1) is 26.5. The molecule has 0 radical (unpaired) electrons. The summed E-state index contributed by atoms with van der Waals surface area (Å²) in [5.74, 6) is -0.316. The molecule has 9 nitrogen and oxygen atoms in total. The lowest BCUT2D eigenvalue weighted by Crippen LogP contribution is -2.20. The van der Waals surface area contributed by atoms with Gasteiger partial charge in [-0.3, -0.25) is 15.1 Å². The van der Waals surface area contributed by atoms with E-state index in [0.717, 1.165) is 63.2 Å². The standard InChI is InChI=1S/C31H32FN9/c1-40(2)10-9-34-23-13-20(12-22(32)14-23)29-24-15-28(36-26(24)7-8-35-29)31-30-27(38-39-31)6-5-25(37-30)21-11-19(16-33-17-21)18-41(3)4/h5-8,11-17,34,36H,9-10,18H2,1-4H3,(H,38,39). The van der Waals surface area contributed by atoms with Crippen molar-refractivity contribution in [3.8, 4) is 33.9 Å². The van der Waals surface area contributed by atoms with Crippen LogP contribution in [-0.2, 0) is 6.54 Å². The van der Waals surface area contributed by atoms with Crippen LogP contribution in [0.25, 0.3) is 55.8 Å². The number of pyridine rings is 3. The lowest BCUT2D eigenvalue weighted by molar-refractivity contribution is 0.402. The molecule has 6 aromatic rings. The molecule has 3 N–H and O–H groups in total. The first-order valence-corrected chi connectivity index (χ1v) is 13.5. The maximum Gasteiger partial charge on any atom is 0.135 e. The fourth-order valence-electron chi connectivity index (χ4n) is 4.99. The molecule has 0 aliphatic heterocycles. The number of hydrogen-bond acceptors (Lipinski definition) is 7. The Balaban J connectivity index is 1.37. The third kappa shape index (κ3) is 5.65. The van der Waals surface area contributed by atoms with Crippen molar-refractivity contribution in [2.45, 2.75) is 6.54 Å². The Morgan fingerprint density at radius 1 is 0.878 bits per heavy atom. The van der Waals surface area contributed by atoms with Gasteiger partial charge < -0.3 is 20.1 Å². The Labute approximate surface area is 237 Å². The summed E-state index contributed by atoms with van der Waals surface area (Å²) < 4.78 is 14.7. The van der Waals surface area contributed by atoms with E-state index < -0.39 is 0 Å². The fourth-order valence-corrected chi connectivity index (χ4v) is 4.99. The number of aromatic nitrogens is 6. The van der Waals surface area contributed by atoms with Gasteiger partial charge in [0.1, 0.15) is 17.0 Å². The van der Waals surface area contributed by atoms with Gasteiger partial charge in [-0.2, -0.15) is 5.10 Å². The summed E-state index contributed by atoms with van der Waals surface area (Å²) >= 11 is 0. The first-order valence-electron chi connectivity index (χ1n) is 13.5. The van der Waals surface area contributed by atoms with Crippen LogP contribution in [-0.4, -0.2) is 81.2 Å². The third-order valence-corrected chi connectivity index (χ3v) is 6.86. The van der Waals surface area contributed by atoms with Crippen LogP contribution in [0.2, 0.25) is 0 Å². The second kappa shape index (κ2) is 11.1. The highest BCUT2D eigenvalue weighted by atomic mass is 19.1. The molecular weight excluding hydrogens is 517 g/mol. The average molecular weight is 550 g/mol. The molecular formula is C31H32FN9. The molecule has 1 aromatic carbocycles. The molecule has 0 fully saturated rings. The minimum atomic E-state index is -0.316. The molecule has 208 valence electrons. The molecule has 0 aliphatic carbocycles. The van der Waals surface area contributed by atoms with E-state index >= 15 is 0 Å². The highest BCUT2D eigenvalue weighted by molar-refractivity contribution is 5.99. The minimum absolute atomic E-state index is 0.316. The van der Waals surface area contributed by atoms with Crippen molar-refractivity contribution in [3.63, 3.8) is 0 Å². The quantitative estimate of drug-likeness (QED) is 0.222. The van der Waals surface area contributed by atoms with Crippen LogP contribution in [0.15, 0.2) is 67.1 Å². The predicted molar refractivity (Wildman–Crippen MR) is 162 cm³/mol. The number of fused-ring (bicyclic) bond motifs is 2. The summed E-state index contributed by atoms with van der Waals surface area (Å²) in [4.78, 5) is 21.7. The number of rotatable bonds is 9. The normalized spacial score (nSPS) is 11.8. The molecule has 0 amide bonds. The van der Waals surface area contributed by atoms with Gasteiger partial charge >= 0.3 is 0 Å². The number of aromatic amines is 2. The summed E-state index contributed by atoms with van der Waals surface area (Å²) in [6.07, 6.45) is 5.44. The maximum atomic E-state index is 14.7. The van der Waals surface area contributed by atoms with Gasteiger partial charge in [-0.15, -0.1) is 0 Å². The number of H-pyrrole nitrogens is 2. The lowest BCUT2D eigenvalue weighted by atomic mass is 10.1. The van der Waals surface area contributed by atoms with Crippen molar-refractivity contribution in [1.29, 1.82) is 0 Å². The molecule has 0 aliphatic rings. The highest BCUT2D eigenvalue weighted by Crippen LogP contribution is 2.34. The Bertz CT molecular complexity index is 1840. The summed E-state index contributed by atoms with van der Waals surface area (Å²) in [5.41, 5.74) is 8.95. The zero-order valence-electron chi connectivity index (χ0n) is 23.5. The summed E-state index contributed by atoms with van der Waals surface area (Å²) in [6, 6.07) is 14.9. The number of benzene rings is 1. The van der Waals surface area contributed by atoms with E-state index in [2.05, 4.69) is 46.3 Å². The lowest BCUT2D eigenvalue weighted by Gasteiger charge is -2.12. The summed E-state index contributed by atoms with van der Waals surface area (Å²) in [6.45, 7) is 2.34. The van der Waals surface area contributed by atoms with E-state index in [-0.39, 0.29) is 5.82 Å². The van der Waals surface area contributed by atoms with E-state index in [9.17, 15) is 4.39 Å². The Morgan fingerprint density at radius 3 is 2.59 bits per heavy atom. The van der Waals surface area contributed by atoms with E-state index in [1.54, 1.807) is 6.20 Å². The molecule has 0 bridgehead atoms. The second-order valence-electron chi connectivity index (χ2n) is 10.7. The monoisotopic (exact) mass is 549 g/mol. The fraction of sp³-hybridized carbons (Fsp3) is 0.226. The van der Waals surface area contributed by atoms with Crippen LogP contribution in [0.5, 0.6) is 0 Å². The van der Waals surface area contributed by atoms with Gasteiger partial charge in [0.25, 0.3) is 0 Å². The molecule has 5 heterocycles. The molecule has 10 heteroatoms. The van der Waals surface area contributed by atoms with Gasteiger partial charge in [0.2, 0.25) is 0 Å². The molecule has 6 rings (SSSR count). The van der Waals surface area contributed by atoms with Gasteiger partial charge in [-0.05, 0) is 82.3 Å². The van der Waals surface area contributed by atoms with E-state index in [0.29, 0.717) is 23.5 Å². The number of anilines is 1. The Hall–Kier alpha value is -4.67. The van der Waals surface area contributed by atoms with Crippen LogP contribution in [0.4, 0.5) is 10.1 Å². The topological polar surface area (TPSA) is 102 Å². The van der Waals surface area contributed by atoms with Crippen molar-refractivity contribution in [2.75, 3.05) is 46.6 Å². The number of halogens is 1. The van der Waals surface area contributed by atoms with E-state index in [4.69, 9.17) is 4.98 Å². The molecule has 0 spiro atoms. The van der Waals surface area contributed by atoms with Gasteiger partial charge in [0.05, 0.1) is 22.6 Å². The van der Waals surface area contributed by atoms with Crippen molar-refractivity contribution in [1.82, 2.24) is 39.9 Å². The number of nitrogens with one attached hydrogen (secondary N) is 3. The number of nitrogens with zero attached hydrogens (tertiary/aromatic N) is 6. The SMILES string of the molecule is CN(C)CCNc1cc(F)cc(-c2nccc3[nH]c(-c4n[nH]c5ccc(-c6cncc(CN(C)C)c6)nc45)cc23)c1. The van der Waals surface area contributed by atoms with Gasteiger partial charge in [-0.1, -0.05) is 0 Å². The smallest absolute Gasteiger partial charge is 0.135 e. The molecule has 41 heavy (non-hydrogen) atoms. The second-order valence-corrected chi connectivity index (χ2v) is 10.7. The Morgan fingerprint density at radius 2 is 1.76 bits per heavy atom. The largest absolute Gasteiger partial charge is 0.384 e. The van der Waals surface area contributed by atoms with Crippen LogP contribution in [0.1, 0.15) is 5.56 Å². The van der Waals surface area contributed by atoms with Crippen molar-refractivity contribution >= 4 is 27.6 Å². The van der Waals surface area contributed by atoms with Crippen molar-refractivity contribution in [3.05, 3.63) is 78.5 Å². The molecule has 0 saturated carbocycles. The minimum Gasteiger partial charge on any atom is -0.384 e. The van der Waals surface area contributed by atoms with E-state index in [1.165, 1.54) is 12.1 Å². The van der Waals surface area contributed by atoms with Gasteiger partial charge in [0.15, 0.2) is 0 Å². The molecule has 0 saturated heterocycles. The molecule has 0 atom stereocenters. The van der Waals surface area contributed by atoms with Crippen LogP contribution < -0.4 is 5.32 Å². The van der Waals surface area contributed by atoms with Gasteiger partial charge in [0, 0.05) is 65.9 Å².